The molecule has 4 aliphatic rings. The third-order valence-electron chi connectivity index (χ3n) is 11.8. The lowest BCUT2D eigenvalue weighted by molar-refractivity contribution is -0.183. The fourth-order valence-corrected chi connectivity index (χ4v) is 8.73. The van der Waals surface area contributed by atoms with E-state index in [1.807, 2.05) is 56.6 Å². The van der Waals surface area contributed by atoms with Crippen molar-refractivity contribution in [1.29, 1.82) is 0 Å². The van der Waals surface area contributed by atoms with Crippen LogP contribution in [0.4, 0.5) is 0 Å². The summed E-state index contributed by atoms with van der Waals surface area (Å²) in [5.74, 6) is 1.41. The first-order valence-electron chi connectivity index (χ1n) is 17.9. The number of nitrogens with one attached hydrogen (secondary N) is 2. The zero-order valence-electron chi connectivity index (χ0n) is 30.8. The van der Waals surface area contributed by atoms with Gasteiger partial charge < -0.3 is 30.5 Å². The van der Waals surface area contributed by atoms with E-state index in [4.69, 9.17) is 9.57 Å². The minimum atomic E-state index is -0.885. The highest BCUT2D eigenvalue weighted by Crippen LogP contribution is 2.61. The molecule has 270 valence electrons. The van der Waals surface area contributed by atoms with Gasteiger partial charge in [0.15, 0.2) is 0 Å². The van der Waals surface area contributed by atoms with Crippen LogP contribution in [0.5, 0.6) is 5.75 Å². The van der Waals surface area contributed by atoms with Crippen molar-refractivity contribution < 1.29 is 29.4 Å². The van der Waals surface area contributed by atoms with Crippen LogP contribution in [0, 0.1) is 35.0 Å². The number of aliphatic hydroxyl groups excluding tert-OH is 2. The third-order valence-corrected chi connectivity index (χ3v) is 11.8. The fraction of sp³-hybridized carbons (Fsp3) is 0.641. The SMILES string of the molecule is COc1c(CN2O[C@@H](CO)[C@@H]([C@H](C)O)[C@H]2C(=O)N[C@H]2C[C@H]3C[C@H]([C@@H]2C)C3(C)C)cccc1-c1cccc(C(=O)N[C@H](CN(C)C)C(C)C)c1. The van der Waals surface area contributed by atoms with Crippen molar-refractivity contribution in [2.24, 2.45) is 35.0 Å². The summed E-state index contributed by atoms with van der Waals surface area (Å²) in [4.78, 5) is 35.8. The van der Waals surface area contributed by atoms with Crippen molar-refractivity contribution in [3.8, 4) is 16.9 Å². The Bertz CT molecular complexity index is 1480. The van der Waals surface area contributed by atoms with Crippen LogP contribution in [0.1, 0.15) is 70.3 Å². The van der Waals surface area contributed by atoms with Crippen LogP contribution in [0.15, 0.2) is 42.5 Å². The average molecular weight is 679 g/mol. The Morgan fingerprint density at radius 1 is 1.12 bits per heavy atom. The van der Waals surface area contributed by atoms with Crippen molar-refractivity contribution in [2.45, 2.75) is 91.3 Å². The lowest BCUT2D eigenvalue weighted by Crippen LogP contribution is -2.62. The number of para-hydroxylation sites is 1. The molecule has 2 aromatic rings. The zero-order chi connectivity index (χ0) is 35.8. The van der Waals surface area contributed by atoms with E-state index in [0.29, 0.717) is 34.5 Å². The molecule has 3 aliphatic carbocycles. The number of carbonyl (C=O) groups excluding carboxylic acids is 2. The number of ether oxygens (including phenoxy) is 1. The number of hydrogen-bond donors (Lipinski definition) is 4. The summed E-state index contributed by atoms with van der Waals surface area (Å²) >= 11 is 0. The van der Waals surface area contributed by atoms with Crippen molar-refractivity contribution in [3.63, 3.8) is 0 Å². The molecule has 2 aromatic carbocycles. The van der Waals surface area contributed by atoms with Crippen LogP contribution < -0.4 is 15.4 Å². The molecule has 9 atom stereocenters. The number of methoxy groups -OCH3 is 1. The molecule has 0 radical (unpaired) electrons. The molecule has 2 bridgehead atoms. The quantitative estimate of drug-likeness (QED) is 0.247. The molecular formula is C39H58N4O6. The number of hydroxylamine groups is 2. The Balaban J connectivity index is 1.39. The van der Waals surface area contributed by atoms with Gasteiger partial charge in [0, 0.05) is 41.2 Å². The van der Waals surface area contributed by atoms with E-state index in [9.17, 15) is 19.8 Å². The summed E-state index contributed by atoms with van der Waals surface area (Å²) in [6.07, 6.45) is 0.524. The van der Waals surface area contributed by atoms with Crippen molar-refractivity contribution in [3.05, 3.63) is 53.6 Å². The highest BCUT2D eigenvalue weighted by molar-refractivity contribution is 5.96. The molecular weight excluding hydrogens is 620 g/mol. The van der Waals surface area contributed by atoms with Gasteiger partial charge >= 0.3 is 0 Å². The molecule has 49 heavy (non-hydrogen) atoms. The van der Waals surface area contributed by atoms with E-state index < -0.39 is 24.2 Å². The Morgan fingerprint density at radius 3 is 2.43 bits per heavy atom. The number of likely N-dealkylation sites (N-methyl/N-ethyl adjacent to an activating group) is 1. The van der Waals surface area contributed by atoms with Crippen LogP contribution in [0.25, 0.3) is 11.1 Å². The second-order valence-corrected chi connectivity index (χ2v) is 15.9. The van der Waals surface area contributed by atoms with Gasteiger partial charge in [-0.3, -0.25) is 14.4 Å². The number of amides is 2. The van der Waals surface area contributed by atoms with E-state index in [-0.39, 0.29) is 43.0 Å². The maximum atomic E-state index is 14.1. The van der Waals surface area contributed by atoms with Crippen molar-refractivity contribution in [1.82, 2.24) is 20.6 Å². The molecule has 1 aliphatic heterocycles. The summed E-state index contributed by atoms with van der Waals surface area (Å²) in [6.45, 7) is 13.4. The van der Waals surface area contributed by atoms with E-state index in [2.05, 4.69) is 50.2 Å². The van der Waals surface area contributed by atoms with Gasteiger partial charge in [-0.2, -0.15) is 5.06 Å². The second-order valence-electron chi connectivity index (χ2n) is 15.9. The van der Waals surface area contributed by atoms with E-state index in [0.717, 1.165) is 29.7 Å². The first-order valence-corrected chi connectivity index (χ1v) is 17.9. The average Bonchev–Trinajstić information content (AvgIpc) is 3.43. The molecule has 6 rings (SSSR count). The largest absolute Gasteiger partial charge is 0.496 e. The molecule has 0 aromatic heterocycles. The number of aliphatic hydroxyl groups is 2. The van der Waals surface area contributed by atoms with Gasteiger partial charge in [-0.25, -0.2) is 0 Å². The fourth-order valence-electron chi connectivity index (χ4n) is 8.73. The Hall–Kier alpha value is -3.02. The molecule has 10 nitrogen and oxygen atoms in total. The first kappa shape index (κ1) is 37.2. The van der Waals surface area contributed by atoms with E-state index in [1.165, 1.54) is 6.42 Å². The maximum Gasteiger partial charge on any atom is 0.251 e. The molecule has 1 saturated heterocycles. The van der Waals surface area contributed by atoms with Crippen molar-refractivity contribution >= 4 is 11.8 Å². The molecule has 0 unspecified atom stereocenters. The number of rotatable bonds is 13. The lowest BCUT2D eigenvalue weighted by atomic mass is 9.45. The topological polar surface area (TPSA) is 124 Å². The third kappa shape index (κ3) is 7.54. The predicted molar refractivity (Wildman–Crippen MR) is 191 cm³/mol. The number of benzene rings is 2. The monoisotopic (exact) mass is 678 g/mol. The van der Waals surface area contributed by atoms with E-state index >= 15 is 0 Å². The van der Waals surface area contributed by atoms with Gasteiger partial charge in [0.05, 0.1) is 26.4 Å². The summed E-state index contributed by atoms with van der Waals surface area (Å²) < 4.78 is 5.99. The molecule has 3 saturated carbocycles. The summed E-state index contributed by atoms with van der Waals surface area (Å²) in [5, 5.41) is 29.3. The summed E-state index contributed by atoms with van der Waals surface area (Å²) in [7, 11) is 5.60. The van der Waals surface area contributed by atoms with Gasteiger partial charge in [0.25, 0.3) is 5.91 Å². The lowest BCUT2D eigenvalue weighted by Gasteiger charge is -2.62. The Morgan fingerprint density at radius 2 is 1.84 bits per heavy atom. The first-order chi connectivity index (χ1) is 23.2. The summed E-state index contributed by atoms with van der Waals surface area (Å²) in [5.41, 5.74) is 3.24. The van der Waals surface area contributed by atoms with Gasteiger partial charge in [0.2, 0.25) is 5.91 Å². The molecule has 1 heterocycles. The Labute approximate surface area is 292 Å². The number of fused-ring (bicyclic) bond motifs is 2. The van der Waals surface area contributed by atoms with Crippen LogP contribution >= 0.6 is 0 Å². The molecule has 0 spiro atoms. The zero-order valence-corrected chi connectivity index (χ0v) is 30.8. The van der Waals surface area contributed by atoms with Gasteiger partial charge in [0.1, 0.15) is 17.9 Å². The van der Waals surface area contributed by atoms with E-state index in [1.54, 1.807) is 19.1 Å². The Kier molecular flexibility index (Phi) is 11.5. The highest BCUT2D eigenvalue weighted by Gasteiger charge is 2.57. The van der Waals surface area contributed by atoms with Crippen LogP contribution in [0.3, 0.4) is 0 Å². The molecule has 10 heteroatoms. The minimum absolute atomic E-state index is 0.00157. The predicted octanol–water partition coefficient (Wildman–Crippen LogP) is 4.34. The van der Waals surface area contributed by atoms with Gasteiger partial charge in [-0.1, -0.05) is 65.0 Å². The van der Waals surface area contributed by atoms with Crippen molar-refractivity contribution in [2.75, 3.05) is 34.4 Å². The van der Waals surface area contributed by atoms with Crippen LogP contribution in [0.2, 0.25) is 0 Å². The molecule has 4 N–H and O–H groups in total. The van der Waals surface area contributed by atoms with Crippen LogP contribution in [-0.2, 0) is 16.2 Å². The number of hydrogen-bond acceptors (Lipinski definition) is 8. The molecule has 2 amide bonds. The number of nitrogens with zero attached hydrogens (tertiary/aromatic N) is 2. The smallest absolute Gasteiger partial charge is 0.251 e. The molecule has 4 fully saturated rings. The standard InChI is InChI=1S/C39H58N4O6/c1-22(2)32(20-42(7)8)41-37(46)26-13-10-12-25(16-26)29-15-11-14-27(36(29)48-9)19-43-35(34(24(4)45)33(21-44)49-43)38(47)40-31-18-28-17-30(23(31)3)39(28,5)6/h10-16,22-24,28,30-35,44-45H,17-21H2,1-9H3,(H,40,47)(H,41,46)/t23-,24-,28+,30+,31-,32+,33-,34+,35-/m0/s1. The normalized spacial score (nSPS) is 29.0. The van der Waals surface area contributed by atoms with Crippen LogP contribution in [-0.4, -0.2) is 96.7 Å². The minimum Gasteiger partial charge on any atom is -0.496 e. The second kappa shape index (κ2) is 15.1. The highest BCUT2D eigenvalue weighted by atomic mass is 16.7. The number of carbonyl (C=O) groups is 2. The van der Waals surface area contributed by atoms with Gasteiger partial charge in [-0.15, -0.1) is 0 Å². The van der Waals surface area contributed by atoms with Gasteiger partial charge in [-0.05, 0) is 80.6 Å². The summed E-state index contributed by atoms with van der Waals surface area (Å²) in [6, 6.07) is 12.5. The maximum absolute atomic E-state index is 14.1.